The number of rotatable bonds is 5. The molecule has 92 valence electrons. The third kappa shape index (κ3) is 2.82. The zero-order valence-corrected chi connectivity index (χ0v) is 9.67. The molecule has 4 heteroatoms. The summed E-state index contributed by atoms with van der Waals surface area (Å²) < 4.78 is 31.0. The Morgan fingerprint density at radius 3 is 2.94 bits per heavy atom. The molecule has 0 aromatic heterocycles. The predicted molar refractivity (Wildman–Crippen MR) is 62.3 cm³/mol. The Kier molecular flexibility index (Phi) is 3.43. The molecule has 0 spiro atoms. The molecule has 0 aliphatic heterocycles. The molecule has 1 fully saturated rings. The Morgan fingerprint density at radius 2 is 2.35 bits per heavy atom. The number of hydrogen-bond donors (Lipinski definition) is 1. The molecule has 1 aliphatic carbocycles. The Balaban J connectivity index is 2.16. The van der Waals surface area contributed by atoms with Crippen LogP contribution in [0.25, 0.3) is 0 Å². The van der Waals surface area contributed by atoms with Crippen molar-refractivity contribution in [2.24, 2.45) is 0 Å². The molecule has 1 aromatic carbocycles. The summed E-state index contributed by atoms with van der Waals surface area (Å²) in [5.74, 6) is -0.0547. The molecule has 0 bridgehead atoms. The van der Waals surface area contributed by atoms with Gasteiger partial charge in [-0.25, -0.2) is 8.78 Å². The summed E-state index contributed by atoms with van der Waals surface area (Å²) >= 11 is 0. The fourth-order valence-corrected chi connectivity index (χ4v) is 1.95. The van der Waals surface area contributed by atoms with Crippen LogP contribution in [0.3, 0.4) is 0 Å². The Morgan fingerprint density at radius 1 is 1.59 bits per heavy atom. The van der Waals surface area contributed by atoms with Crippen LogP contribution >= 0.6 is 0 Å². The SMILES string of the molecule is C=C(F)COc1ccc(F)cc1C1CC1NC. The molecule has 0 saturated heterocycles. The molecule has 17 heavy (non-hydrogen) atoms. The average Bonchev–Trinajstić information content (AvgIpc) is 3.06. The number of hydrogen-bond acceptors (Lipinski definition) is 2. The largest absolute Gasteiger partial charge is 0.486 e. The van der Waals surface area contributed by atoms with Gasteiger partial charge in [0, 0.05) is 17.5 Å². The van der Waals surface area contributed by atoms with Crippen molar-refractivity contribution in [3.8, 4) is 5.75 Å². The van der Waals surface area contributed by atoms with Gasteiger partial charge in [0.2, 0.25) is 0 Å². The zero-order chi connectivity index (χ0) is 12.4. The maximum atomic E-state index is 13.2. The Labute approximate surface area is 99.3 Å². The highest BCUT2D eigenvalue weighted by atomic mass is 19.1. The van der Waals surface area contributed by atoms with Crippen molar-refractivity contribution in [3.63, 3.8) is 0 Å². The molecule has 1 aliphatic rings. The highest BCUT2D eigenvalue weighted by Crippen LogP contribution is 2.44. The van der Waals surface area contributed by atoms with Crippen molar-refractivity contribution in [1.82, 2.24) is 5.32 Å². The van der Waals surface area contributed by atoms with Gasteiger partial charge in [-0.2, -0.15) is 0 Å². The second kappa shape index (κ2) is 4.84. The first kappa shape index (κ1) is 12.0. The first-order chi connectivity index (χ1) is 8.11. The third-order valence-electron chi connectivity index (χ3n) is 2.92. The van der Waals surface area contributed by atoms with Crippen LogP contribution in [0.2, 0.25) is 0 Å². The minimum absolute atomic E-state index is 0.185. The molecule has 0 heterocycles. The maximum Gasteiger partial charge on any atom is 0.139 e. The van der Waals surface area contributed by atoms with E-state index in [0.29, 0.717) is 11.8 Å². The van der Waals surface area contributed by atoms with E-state index < -0.39 is 5.83 Å². The monoisotopic (exact) mass is 239 g/mol. The molecule has 0 amide bonds. The molecule has 2 unspecified atom stereocenters. The summed E-state index contributed by atoms with van der Waals surface area (Å²) in [6, 6.07) is 4.67. The molecule has 2 atom stereocenters. The summed E-state index contributed by atoms with van der Waals surface area (Å²) in [4.78, 5) is 0. The zero-order valence-electron chi connectivity index (χ0n) is 9.67. The van der Waals surface area contributed by atoms with Crippen molar-refractivity contribution in [3.05, 3.63) is 42.0 Å². The normalized spacial score (nSPS) is 22.3. The molecule has 1 saturated carbocycles. The van der Waals surface area contributed by atoms with Crippen molar-refractivity contribution in [2.45, 2.75) is 18.4 Å². The second-order valence-corrected chi connectivity index (χ2v) is 4.23. The number of halogens is 2. The van der Waals surface area contributed by atoms with Gasteiger partial charge in [0.25, 0.3) is 0 Å². The van der Waals surface area contributed by atoms with Gasteiger partial charge in [-0.3, -0.25) is 0 Å². The van der Waals surface area contributed by atoms with Crippen molar-refractivity contribution in [2.75, 3.05) is 13.7 Å². The fraction of sp³-hybridized carbons (Fsp3) is 0.385. The van der Waals surface area contributed by atoms with Crippen LogP contribution in [-0.4, -0.2) is 19.7 Å². The third-order valence-corrected chi connectivity index (χ3v) is 2.92. The van der Waals surface area contributed by atoms with Crippen molar-refractivity contribution < 1.29 is 13.5 Å². The van der Waals surface area contributed by atoms with Gasteiger partial charge in [-0.15, -0.1) is 0 Å². The van der Waals surface area contributed by atoms with Crippen LogP contribution in [-0.2, 0) is 0 Å². The summed E-state index contributed by atoms with van der Waals surface area (Å²) in [6.45, 7) is 2.95. The van der Waals surface area contributed by atoms with Crippen LogP contribution in [0.4, 0.5) is 8.78 Å². The lowest BCUT2D eigenvalue weighted by Gasteiger charge is -2.10. The highest BCUT2D eigenvalue weighted by Gasteiger charge is 2.39. The lowest BCUT2D eigenvalue weighted by molar-refractivity contribution is 0.316. The minimum Gasteiger partial charge on any atom is -0.486 e. The molecule has 2 rings (SSSR count). The Hall–Kier alpha value is -1.42. The van der Waals surface area contributed by atoms with E-state index >= 15 is 0 Å². The van der Waals surface area contributed by atoms with Crippen molar-refractivity contribution in [1.29, 1.82) is 0 Å². The van der Waals surface area contributed by atoms with Gasteiger partial charge < -0.3 is 10.1 Å². The maximum absolute atomic E-state index is 13.2. The smallest absolute Gasteiger partial charge is 0.139 e. The summed E-state index contributed by atoms with van der Waals surface area (Å²) in [7, 11) is 1.87. The number of benzene rings is 1. The van der Waals surface area contributed by atoms with E-state index in [9.17, 15) is 8.78 Å². The van der Waals surface area contributed by atoms with Crippen molar-refractivity contribution >= 4 is 0 Å². The minimum atomic E-state index is -0.541. The molecule has 1 N–H and O–H groups in total. The molecular formula is C13H15F2NO. The van der Waals surface area contributed by atoms with E-state index in [-0.39, 0.29) is 18.3 Å². The van der Waals surface area contributed by atoms with E-state index in [2.05, 4.69) is 11.9 Å². The number of ether oxygens (including phenoxy) is 1. The highest BCUT2D eigenvalue weighted by molar-refractivity contribution is 5.41. The Bertz CT molecular complexity index is 433. The quantitative estimate of drug-likeness (QED) is 0.853. The van der Waals surface area contributed by atoms with Crippen LogP contribution in [0.15, 0.2) is 30.6 Å². The second-order valence-electron chi connectivity index (χ2n) is 4.23. The van der Waals surface area contributed by atoms with Crippen LogP contribution in [0.5, 0.6) is 5.75 Å². The van der Waals surface area contributed by atoms with E-state index in [1.807, 2.05) is 7.05 Å². The lowest BCUT2D eigenvalue weighted by Crippen LogP contribution is -2.11. The van der Waals surface area contributed by atoms with Gasteiger partial charge in [0.05, 0.1) is 0 Å². The fourth-order valence-electron chi connectivity index (χ4n) is 1.95. The van der Waals surface area contributed by atoms with Gasteiger partial charge in [0.15, 0.2) is 0 Å². The first-order valence-electron chi connectivity index (χ1n) is 5.54. The average molecular weight is 239 g/mol. The topological polar surface area (TPSA) is 21.3 Å². The first-order valence-corrected chi connectivity index (χ1v) is 5.54. The molecule has 1 aromatic rings. The van der Waals surface area contributed by atoms with E-state index in [1.54, 1.807) is 6.07 Å². The molecular weight excluding hydrogens is 224 g/mol. The van der Waals surface area contributed by atoms with Crippen LogP contribution in [0.1, 0.15) is 17.9 Å². The van der Waals surface area contributed by atoms with Gasteiger partial charge >= 0.3 is 0 Å². The molecule has 2 nitrogen and oxygen atoms in total. The van der Waals surface area contributed by atoms with Gasteiger partial charge in [-0.1, -0.05) is 6.58 Å². The lowest BCUT2D eigenvalue weighted by atomic mass is 10.1. The van der Waals surface area contributed by atoms with E-state index in [0.717, 1.165) is 12.0 Å². The van der Waals surface area contributed by atoms with E-state index in [4.69, 9.17) is 4.74 Å². The van der Waals surface area contributed by atoms with E-state index in [1.165, 1.54) is 12.1 Å². The standard InChI is InChI=1S/C13H15F2NO/c1-8(14)7-17-13-4-3-9(15)5-11(13)10-6-12(10)16-2/h3-5,10,12,16H,1,6-7H2,2H3. The predicted octanol–water partition coefficient (Wildman–Crippen LogP) is 2.76. The summed E-state index contributed by atoms with van der Waals surface area (Å²) in [5.41, 5.74) is 0.797. The van der Waals surface area contributed by atoms with Crippen LogP contribution < -0.4 is 10.1 Å². The van der Waals surface area contributed by atoms with Gasteiger partial charge in [-0.05, 0) is 31.7 Å². The number of nitrogens with one attached hydrogen (secondary N) is 1. The summed E-state index contributed by atoms with van der Waals surface area (Å²) in [5, 5.41) is 3.13. The summed E-state index contributed by atoms with van der Waals surface area (Å²) in [6.07, 6.45) is 0.951. The van der Waals surface area contributed by atoms with Gasteiger partial charge in [0.1, 0.15) is 24.0 Å². The molecule has 0 radical (unpaired) electrons. The van der Waals surface area contributed by atoms with Crippen LogP contribution in [0, 0.1) is 5.82 Å². The number of likely N-dealkylation sites (N-methyl/N-ethyl adjacent to an activating group) is 1.